The molecule has 1 fully saturated rings. The second-order valence-corrected chi connectivity index (χ2v) is 4.98. The fourth-order valence-corrected chi connectivity index (χ4v) is 1.86. The van der Waals surface area contributed by atoms with Crippen molar-refractivity contribution in [3.63, 3.8) is 0 Å². The zero-order valence-corrected chi connectivity index (χ0v) is 10.8. The third kappa shape index (κ3) is 3.53. The first-order valence-corrected chi connectivity index (χ1v) is 6.31. The Morgan fingerprint density at radius 1 is 1.44 bits per heavy atom. The van der Waals surface area contributed by atoms with Crippen LogP contribution in [0.3, 0.4) is 0 Å². The fraction of sp³-hybridized carbons (Fsp3) is 0.500. The largest absolute Gasteiger partial charge is 0.352 e. The Labute approximate surface area is 107 Å². The summed E-state index contributed by atoms with van der Waals surface area (Å²) in [5.74, 6) is -0.172. The molecular formula is C14H19FN2O. The first-order chi connectivity index (χ1) is 8.56. The summed E-state index contributed by atoms with van der Waals surface area (Å²) in [6.07, 6.45) is 2.20. The van der Waals surface area contributed by atoms with Crippen LogP contribution in [0.25, 0.3) is 0 Å². The van der Waals surface area contributed by atoms with Crippen molar-refractivity contribution in [3.8, 4) is 0 Å². The van der Waals surface area contributed by atoms with E-state index in [1.54, 1.807) is 12.1 Å². The molecule has 1 aliphatic rings. The second-order valence-electron chi connectivity index (χ2n) is 4.98. The number of nitrogens with zero attached hydrogens (tertiary/aromatic N) is 1. The number of halogens is 1. The minimum absolute atomic E-state index is 0.0639. The van der Waals surface area contributed by atoms with Gasteiger partial charge >= 0.3 is 0 Å². The van der Waals surface area contributed by atoms with Crippen LogP contribution >= 0.6 is 0 Å². The van der Waals surface area contributed by atoms with Gasteiger partial charge in [-0.05, 0) is 44.5 Å². The maximum atomic E-state index is 12.8. The van der Waals surface area contributed by atoms with E-state index in [1.165, 1.54) is 12.1 Å². The van der Waals surface area contributed by atoms with E-state index in [4.69, 9.17) is 0 Å². The maximum Gasteiger partial charge on any atom is 0.234 e. The lowest BCUT2D eigenvalue weighted by Gasteiger charge is -2.24. The van der Waals surface area contributed by atoms with Crippen LogP contribution in [-0.2, 0) is 4.79 Å². The molecular weight excluding hydrogens is 231 g/mol. The number of nitrogens with one attached hydrogen (secondary N) is 1. The molecule has 1 N–H and O–H groups in total. The van der Waals surface area contributed by atoms with Crippen LogP contribution < -0.4 is 5.32 Å². The topological polar surface area (TPSA) is 32.3 Å². The SMILES string of the molecule is C[C@@H](c1ccc(F)cc1)N(C)CC(=O)NC1CC1. The zero-order valence-electron chi connectivity index (χ0n) is 10.8. The third-order valence-corrected chi connectivity index (χ3v) is 3.35. The van der Waals surface area contributed by atoms with Gasteiger partial charge in [0.25, 0.3) is 0 Å². The number of carbonyl (C=O) groups is 1. The Kier molecular flexibility index (Phi) is 3.97. The van der Waals surface area contributed by atoms with E-state index in [9.17, 15) is 9.18 Å². The average Bonchev–Trinajstić information content (AvgIpc) is 3.12. The normalized spacial score (nSPS) is 16.7. The van der Waals surface area contributed by atoms with E-state index in [2.05, 4.69) is 5.32 Å². The molecule has 1 amide bonds. The van der Waals surface area contributed by atoms with E-state index in [0.29, 0.717) is 12.6 Å². The number of benzene rings is 1. The molecule has 4 heteroatoms. The highest BCUT2D eigenvalue weighted by Crippen LogP contribution is 2.20. The quantitative estimate of drug-likeness (QED) is 0.868. The fourth-order valence-electron chi connectivity index (χ4n) is 1.86. The molecule has 0 spiro atoms. The molecule has 0 heterocycles. The molecule has 1 aliphatic carbocycles. The lowest BCUT2D eigenvalue weighted by Crippen LogP contribution is -2.37. The number of carbonyl (C=O) groups excluding carboxylic acids is 1. The molecule has 0 radical (unpaired) electrons. The molecule has 1 aromatic carbocycles. The van der Waals surface area contributed by atoms with Gasteiger partial charge in [-0.1, -0.05) is 12.1 Å². The summed E-state index contributed by atoms with van der Waals surface area (Å²) in [4.78, 5) is 13.6. The van der Waals surface area contributed by atoms with Crippen molar-refractivity contribution in [1.82, 2.24) is 10.2 Å². The van der Waals surface area contributed by atoms with Gasteiger partial charge in [0.1, 0.15) is 5.82 Å². The van der Waals surface area contributed by atoms with Crippen molar-refractivity contribution in [3.05, 3.63) is 35.6 Å². The summed E-state index contributed by atoms with van der Waals surface area (Å²) in [5, 5.41) is 2.96. The summed E-state index contributed by atoms with van der Waals surface area (Å²) in [6, 6.07) is 6.90. The Morgan fingerprint density at radius 3 is 2.61 bits per heavy atom. The Hall–Kier alpha value is -1.42. The zero-order chi connectivity index (χ0) is 13.1. The minimum atomic E-state index is -0.236. The van der Waals surface area contributed by atoms with Gasteiger partial charge in [-0.3, -0.25) is 9.69 Å². The molecule has 0 aliphatic heterocycles. The highest BCUT2D eigenvalue weighted by atomic mass is 19.1. The molecule has 18 heavy (non-hydrogen) atoms. The smallest absolute Gasteiger partial charge is 0.234 e. The van der Waals surface area contributed by atoms with Crippen molar-refractivity contribution in [2.75, 3.05) is 13.6 Å². The minimum Gasteiger partial charge on any atom is -0.352 e. The molecule has 0 aromatic heterocycles. The molecule has 3 nitrogen and oxygen atoms in total. The van der Waals surface area contributed by atoms with Gasteiger partial charge in [0.05, 0.1) is 6.54 Å². The van der Waals surface area contributed by atoms with Gasteiger partial charge in [0.2, 0.25) is 5.91 Å². The van der Waals surface area contributed by atoms with E-state index in [0.717, 1.165) is 18.4 Å². The van der Waals surface area contributed by atoms with Gasteiger partial charge in [-0.15, -0.1) is 0 Å². The number of rotatable bonds is 5. The number of hydrogen-bond acceptors (Lipinski definition) is 2. The molecule has 0 bridgehead atoms. The van der Waals surface area contributed by atoms with E-state index < -0.39 is 0 Å². The van der Waals surface area contributed by atoms with Crippen molar-refractivity contribution >= 4 is 5.91 Å². The molecule has 1 saturated carbocycles. The van der Waals surface area contributed by atoms with Crippen molar-refractivity contribution in [2.45, 2.75) is 31.8 Å². The van der Waals surface area contributed by atoms with Gasteiger partial charge < -0.3 is 5.32 Å². The third-order valence-electron chi connectivity index (χ3n) is 3.35. The molecule has 1 aromatic rings. The number of amides is 1. The second kappa shape index (κ2) is 5.48. The number of hydrogen-bond donors (Lipinski definition) is 1. The number of likely N-dealkylation sites (N-methyl/N-ethyl adjacent to an activating group) is 1. The van der Waals surface area contributed by atoms with Crippen molar-refractivity contribution in [1.29, 1.82) is 0 Å². The van der Waals surface area contributed by atoms with Crippen LogP contribution in [0.1, 0.15) is 31.4 Å². The first-order valence-electron chi connectivity index (χ1n) is 6.31. The molecule has 98 valence electrons. The maximum absolute atomic E-state index is 12.8. The molecule has 0 saturated heterocycles. The predicted molar refractivity (Wildman–Crippen MR) is 68.6 cm³/mol. The van der Waals surface area contributed by atoms with Crippen LogP contribution in [0, 0.1) is 5.82 Å². The van der Waals surface area contributed by atoms with Crippen LogP contribution in [0.2, 0.25) is 0 Å². The summed E-state index contributed by atoms with van der Waals surface area (Å²) < 4.78 is 12.8. The average molecular weight is 250 g/mol. The van der Waals surface area contributed by atoms with Crippen LogP contribution in [0.5, 0.6) is 0 Å². The van der Waals surface area contributed by atoms with E-state index in [-0.39, 0.29) is 17.8 Å². The monoisotopic (exact) mass is 250 g/mol. The Bertz CT molecular complexity index is 414. The highest BCUT2D eigenvalue weighted by Gasteiger charge is 2.24. The summed E-state index contributed by atoms with van der Waals surface area (Å²) in [7, 11) is 1.90. The lowest BCUT2D eigenvalue weighted by molar-refractivity contribution is -0.122. The van der Waals surface area contributed by atoms with E-state index in [1.807, 2.05) is 18.9 Å². The van der Waals surface area contributed by atoms with Gasteiger partial charge in [0, 0.05) is 12.1 Å². The predicted octanol–water partition coefficient (Wildman–Crippen LogP) is 2.10. The first kappa shape index (κ1) is 13.0. The van der Waals surface area contributed by atoms with Crippen LogP contribution in [-0.4, -0.2) is 30.4 Å². The van der Waals surface area contributed by atoms with Crippen molar-refractivity contribution in [2.24, 2.45) is 0 Å². The molecule has 1 atom stereocenters. The van der Waals surface area contributed by atoms with Crippen LogP contribution in [0.15, 0.2) is 24.3 Å². The summed E-state index contributed by atoms with van der Waals surface area (Å²) in [6.45, 7) is 2.38. The van der Waals surface area contributed by atoms with Gasteiger partial charge in [-0.2, -0.15) is 0 Å². The van der Waals surface area contributed by atoms with Gasteiger partial charge in [-0.25, -0.2) is 4.39 Å². The lowest BCUT2D eigenvalue weighted by atomic mass is 10.1. The standard InChI is InChI=1S/C14H19FN2O/c1-10(11-3-5-12(15)6-4-11)17(2)9-14(18)16-13-7-8-13/h3-6,10,13H,7-9H2,1-2H3,(H,16,18)/t10-/m0/s1. The van der Waals surface area contributed by atoms with E-state index >= 15 is 0 Å². The summed E-state index contributed by atoms with van der Waals surface area (Å²) in [5.41, 5.74) is 1.01. The Balaban J connectivity index is 1.88. The molecule has 2 rings (SSSR count). The molecule has 0 unspecified atom stereocenters. The van der Waals surface area contributed by atoms with Gasteiger partial charge in [0.15, 0.2) is 0 Å². The Morgan fingerprint density at radius 2 is 2.06 bits per heavy atom. The van der Waals surface area contributed by atoms with Crippen molar-refractivity contribution < 1.29 is 9.18 Å². The highest BCUT2D eigenvalue weighted by molar-refractivity contribution is 5.78. The van der Waals surface area contributed by atoms with Crippen LogP contribution in [0.4, 0.5) is 4.39 Å². The summed E-state index contributed by atoms with van der Waals surface area (Å²) >= 11 is 0.